The van der Waals surface area contributed by atoms with Crippen molar-refractivity contribution in [1.82, 2.24) is 0 Å². The zero-order valence-corrected chi connectivity index (χ0v) is 7.37. The molecule has 0 aliphatic heterocycles. The molecule has 0 heterocycles. The standard InChI is InChI=1S/C4H9.BrH.Mg/c1-3-4-2;;/h3H,4H2,1-2H3;1H;/q-1;;+2/p-1. The number of hydrogen-bond acceptors (Lipinski definition) is 0. The molecular formula is C4H9BrMg. The molecular weight excluding hydrogens is 152 g/mol. The van der Waals surface area contributed by atoms with E-state index in [2.05, 4.69) is 20.3 Å². The number of unbranched alkanes of at least 4 members (excludes halogenated alkanes) is 1. The SMILES string of the molecule is C[CH-]CC.[Br-].[Mg+2]. The maximum absolute atomic E-state index is 2.12. The first-order valence-electron chi connectivity index (χ1n) is 1.69. The van der Waals surface area contributed by atoms with E-state index in [-0.39, 0.29) is 40.0 Å². The normalized spacial score (nSPS) is 5.00. The van der Waals surface area contributed by atoms with Crippen LogP contribution in [-0.2, 0) is 0 Å². The van der Waals surface area contributed by atoms with Crippen LogP contribution in [0.2, 0.25) is 0 Å². The van der Waals surface area contributed by atoms with E-state index in [1.165, 1.54) is 6.42 Å². The Hall–Kier alpha value is 1.25. The largest absolute Gasteiger partial charge is 2.00 e. The van der Waals surface area contributed by atoms with Crippen LogP contribution in [0, 0.1) is 6.42 Å². The number of rotatable bonds is 1. The van der Waals surface area contributed by atoms with Gasteiger partial charge in [0.2, 0.25) is 0 Å². The molecule has 0 aliphatic rings. The van der Waals surface area contributed by atoms with E-state index in [1.54, 1.807) is 0 Å². The zero-order chi connectivity index (χ0) is 3.41. The molecule has 0 spiro atoms. The van der Waals surface area contributed by atoms with Gasteiger partial charge in [-0.2, -0.15) is 13.3 Å². The van der Waals surface area contributed by atoms with Crippen molar-refractivity contribution < 1.29 is 17.0 Å². The van der Waals surface area contributed by atoms with Gasteiger partial charge in [-0.3, -0.25) is 0 Å². The van der Waals surface area contributed by atoms with Gasteiger partial charge in [0, 0.05) is 0 Å². The average Bonchev–Trinajstić information content (AvgIpc) is 1.37. The second-order valence-electron chi connectivity index (χ2n) is 0.816. The van der Waals surface area contributed by atoms with Crippen LogP contribution in [-0.4, -0.2) is 23.1 Å². The van der Waals surface area contributed by atoms with Crippen LogP contribution in [0.3, 0.4) is 0 Å². The molecule has 0 rings (SSSR count). The average molecular weight is 161 g/mol. The fourth-order valence-corrected chi connectivity index (χ4v) is 0. The Balaban J connectivity index is -0.0000000450. The Morgan fingerprint density at radius 1 is 1.50 bits per heavy atom. The molecule has 0 bridgehead atoms. The van der Waals surface area contributed by atoms with Gasteiger partial charge >= 0.3 is 23.1 Å². The van der Waals surface area contributed by atoms with Crippen molar-refractivity contribution >= 4 is 23.1 Å². The van der Waals surface area contributed by atoms with Gasteiger partial charge in [0.1, 0.15) is 0 Å². The summed E-state index contributed by atoms with van der Waals surface area (Å²) < 4.78 is 0. The Bertz CT molecular complexity index is 9.51. The molecule has 0 nitrogen and oxygen atoms in total. The first-order chi connectivity index (χ1) is 1.91. The van der Waals surface area contributed by atoms with Gasteiger partial charge in [0.05, 0.1) is 0 Å². The van der Waals surface area contributed by atoms with Gasteiger partial charge < -0.3 is 23.4 Å². The van der Waals surface area contributed by atoms with Crippen LogP contribution in [0.5, 0.6) is 0 Å². The van der Waals surface area contributed by atoms with Crippen molar-refractivity contribution in [2.24, 2.45) is 0 Å². The molecule has 0 fully saturated rings. The van der Waals surface area contributed by atoms with Crippen LogP contribution in [0.4, 0.5) is 0 Å². The van der Waals surface area contributed by atoms with Crippen LogP contribution in [0.15, 0.2) is 0 Å². The van der Waals surface area contributed by atoms with Gasteiger partial charge in [0.15, 0.2) is 0 Å². The Morgan fingerprint density at radius 3 is 1.67 bits per heavy atom. The van der Waals surface area contributed by atoms with Gasteiger partial charge in [-0.05, 0) is 0 Å². The summed E-state index contributed by atoms with van der Waals surface area (Å²) in [4.78, 5) is 0. The molecule has 0 unspecified atom stereocenters. The van der Waals surface area contributed by atoms with Crippen molar-refractivity contribution in [2.45, 2.75) is 20.3 Å². The topological polar surface area (TPSA) is 0 Å². The second kappa shape index (κ2) is 16.3. The third kappa shape index (κ3) is 18.7. The summed E-state index contributed by atoms with van der Waals surface area (Å²) in [7, 11) is 0. The van der Waals surface area contributed by atoms with E-state index in [9.17, 15) is 0 Å². The molecule has 0 aromatic carbocycles. The maximum atomic E-state index is 2.12. The molecule has 34 valence electrons. The van der Waals surface area contributed by atoms with Gasteiger partial charge in [0.25, 0.3) is 0 Å². The first-order valence-corrected chi connectivity index (χ1v) is 1.69. The van der Waals surface area contributed by atoms with Crippen molar-refractivity contribution in [3.8, 4) is 0 Å². The molecule has 0 radical (unpaired) electrons. The fraction of sp³-hybridized carbons (Fsp3) is 0.750. The molecule has 0 saturated carbocycles. The molecule has 0 aliphatic carbocycles. The predicted octanol–water partition coefficient (Wildman–Crippen LogP) is -1.76. The summed E-state index contributed by atoms with van der Waals surface area (Å²) in [6.07, 6.45) is 3.32. The Morgan fingerprint density at radius 2 is 1.67 bits per heavy atom. The molecule has 0 saturated heterocycles. The minimum Gasteiger partial charge on any atom is -1.00 e. The van der Waals surface area contributed by atoms with Crippen molar-refractivity contribution in [1.29, 1.82) is 0 Å². The molecule has 0 aromatic rings. The van der Waals surface area contributed by atoms with E-state index < -0.39 is 0 Å². The van der Waals surface area contributed by atoms with E-state index in [1.807, 2.05) is 0 Å². The van der Waals surface area contributed by atoms with E-state index in [0.717, 1.165) is 0 Å². The smallest absolute Gasteiger partial charge is 1.00 e. The summed E-state index contributed by atoms with van der Waals surface area (Å²) >= 11 is 0. The molecule has 0 atom stereocenters. The molecule has 6 heavy (non-hydrogen) atoms. The van der Waals surface area contributed by atoms with Gasteiger partial charge in [-0.15, -0.1) is 0 Å². The van der Waals surface area contributed by atoms with E-state index in [4.69, 9.17) is 0 Å². The first kappa shape index (κ1) is 15.7. The van der Waals surface area contributed by atoms with Crippen molar-refractivity contribution in [3.05, 3.63) is 6.42 Å². The van der Waals surface area contributed by atoms with Crippen LogP contribution in [0.25, 0.3) is 0 Å². The molecule has 2 heteroatoms. The Labute approximate surface area is 66.6 Å². The summed E-state index contributed by atoms with van der Waals surface area (Å²) in [6.45, 7) is 4.18. The second-order valence-corrected chi connectivity index (χ2v) is 0.816. The molecule has 0 aromatic heterocycles. The van der Waals surface area contributed by atoms with E-state index in [0.29, 0.717) is 0 Å². The summed E-state index contributed by atoms with van der Waals surface area (Å²) in [6, 6.07) is 0. The zero-order valence-electron chi connectivity index (χ0n) is 4.37. The minimum atomic E-state index is 0. The van der Waals surface area contributed by atoms with Crippen LogP contribution in [0.1, 0.15) is 20.3 Å². The number of hydrogen-bond donors (Lipinski definition) is 0. The summed E-state index contributed by atoms with van der Waals surface area (Å²) in [5, 5.41) is 0. The van der Waals surface area contributed by atoms with Crippen molar-refractivity contribution in [2.75, 3.05) is 0 Å². The Kier molecular flexibility index (Phi) is 42.6. The predicted molar refractivity (Wildman–Crippen MR) is 26.0 cm³/mol. The monoisotopic (exact) mass is 160 g/mol. The third-order valence-electron chi connectivity index (χ3n) is 0.408. The third-order valence-corrected chi connectivity index (χ3v) is 0.408. The quantitative estimate of drug-likeness (QED) is 0.316. The molecule has 0 N–H and O–H groups in total. The van der Waals surface area contributed by atoms with Crippen molar-refractivity contribution in [3.63, 3.8) is 0 Å². The minimum absolute atomic E-state index is 0. The van der Waals surface area contributed by atoms with Crippen LogP contribution < -0.4 is 17.0 Å². The molecule has 0 amide bonds. The van der Waals surface area contributed by atoms with Gasteiger partial charge in [-0.1, -0.05) is 6.92 Å². The van der Waals surface area contributed by atoms with E-state index >= 15 is 0 Å². The maximum Gasteiger partial charge on any atom is 2.00 e. The summed E-state index contributed by atoms with van der Waals surface area (Å²) in [5.41, 5.74) is 0. The van der Waals surface area contributed by atoms with Gasteiger partial charge in [-0.25, -0.2) is 0 Å². The fourth-order valence-electron chi connectivity index (χ4n) is 0. The summed E-state index contributed by atoms with van der Waals surface area (Å²) in [5.74, 6) is 0. The van der Waals surface area contributed by atoms with Crippen LogP contribution >= 0.6 is 0 Å². The number of halogens is 1.